The third kappa shape index (κ3) is 4.86. The van der Waals surface area contributed by atoms with Gasteiger partial charge in [0, 0.05) is 27.3 Å². The molecule has 0 amide bonds. The summed E-state index contributed by atoms with van der Waals surface area (Å²) in [6.07, 6.45) is -4.38. The van der Waals surface area contributed by atoms with E-state index in [4.69, 9.17) is 11.6 Å². The summed E-state index contributed by atoms with van der Waals surface area (Å²) < 4.78 is 49.9. The van der Waals surface area contributed by atoms with Gasteiger partial charge in [0.2, 0.25) is 0 Å². The third-order valence-electron chi connectivity index (χ3n) is 2.80. The zero-order valence-electron chi connectivity index (χ0n) is 10.9. The molecular formula is C15H12ClF3OS. The Balaban J connectivity index is 2.06. The largest absolute Gasteiger partial charge is 0.416 e. The normalized spacial score (nSPS) is 13.1. The van der Waals surface area contributed by atoms with Gasteiger partial charge in [0.15, 0.2) is 0 Å². The van der Waals surface area contributed by atoms with Crippen LogP contribution in [0.3, 0.4) is 0 Å². The van der Waals surface area contributed by atoms with E-state index in [9.17, 15) is 17.4 Å². The summed E-state index contributed by atoms with van der Waals surface area (Å²) in [4.78, 5) is 0. The van der Waals surface area contributed by atoms with Crippen molar-refractivity contribution in [1.29, 1.82) is 0 Å². The first kappa shape index (κ1) is 16.0. The minimum atomic E-state index is -4.38. The summed E-state index contributed by atoms with van der Waals surface area (Å²) >= 11 is 5.84. The Morgan fingerprint density at radius 1 is 0.952 bits per heavy atom. The second-order valence-corrected chi connectivity index (χ2v) is 6.45. The summed E-state index contributed by atoms with van der Waals surface area (Å²) in [6, 6.07) is 11.9. The zero-order valence-corrected chi connectivity index (χ0v) is 12.4. The molecule has 1 nitrogen and oxygen atoms in total. The van der Waals surface area contributed by atoms with Gasteiger partial charge in [-0.05, 0) is 29.3 Å². The molecule has 6 heteroatoms. The highest BCUT2D eigenvalue weighted by Gasteiger charge is 2.30. The van der Waals surface area contributed by atoms with E-state index < -0.39 is 22.5 Å². The third-order valence-corrected chi connectivity index (χ3v) is 4.34. The van der Waals surface area contributed by atoms with E-state index in [1.54, 1.807) is 30.3 Å². The molecule has 2 aromatic rings. The lowest BCUT2D eigenvalue weighted by Gasteiger charge is -2.09. The predicted molar refractivity (Wildman–Crippen MR) is 78.4 cm³/mol. The highest BCUT2D eigenvalue weighted by molar-refractivity contribution is 7.83. The molecule has 0 N–H and O–H groups in total. The van der Waals surface area contributed by atoms with Crippen molar-refractivity contribution in [3.8, 4) is 0 Å². The van der Waals surface area contributed by atoms with E-state index in [1.807, 2.05) is 0 Å². The van der Waals surface area contributed by atoms with Gasteiger partial charge in [-0.1, -0.05) is 41.9 Å². The van der Waals surface area contributed by atoms with Crippen LogP contribution in [0.5, 0.6) is 0 Å². The van der Waals surface area contributed by atoms with E-state index in [0.717, 1.165) is 17.7 Å². The molecule has 0 fully saturated rings. The van der Waals surface area contributed by atoms with Crippen LogP contribution in [0.4, 0.5) is 13.2 Å². The SMILES string of the molecule is O=S(Cc1cccc(Cl)c1)Cc1cccc(C(F)(F)F)c1. The average molecular weight is 333 g/mol. The van der Waals surface area contributed by atoms with Gasteiger partial charge in [-0.3, -0.25) is 4.21 Å². The molecule has 0 radical (unpaired) electrons. The van der Waals surface area contributed by atoms with Crippen LogP contribution in [-0.2, 0) is 28.5 Å². The van der Waals surface area contributed by atoms with Gasteiger partial charge in [-0.2, -0.15) is 13.2 Å². The van der Waals surface area contributed by atoms with Gasteiger partial charge in [0.25, 0.3) is 0 Å². The van der Waals surface area contributed by atoms with Crippen LogP contribution in [-0.4, -0.2) is 4.21 Å². The topological polar surface area (TPSA) is 17.1 Å². The maximum atomic E-state index is 12.6. The molecule has 0 aliphatic heterocycles. The van der Waals surface area contributed by atoms with E-state index in [2.05, 4.69) is 0 Å². The summed E-state index contributed by atoms with van der Waals surface area (Å²) in [5, 5.41) is 0.545. The van der Waals surface area contributed by atoms with Crippen LogP contribution >= 0.6 is 11.6 Å². The number of hydrogen-bond donors (Lipinski definition) is 0. The lowest BCUT2D eigenvalue weighted by molar-refractivity contribution is -0.137. The van der Waals surface area contributed by atoms with Crippen molar-refractivity contribution in [3.63, 3.8) is 0 Å². The van der Waals surface area contributed by atoms with Crippen molar-refractivity contribution in [3.05, 3.63) is 70.2 Å². The van der Waals surface area contributed by atoms with Gasteiger partial charge < -0.3 is 0 Å². The van der Waals surface area contributed by atoms with Crippen LogP contribution < -0.4 is 0 Å². The predicted octanol–water partition coefficient (Wildman–Crippen LogP) is 4.81. The number of benzene rings is 2. The van der Waals surface area contributed by atoms with Crippen molar-refractivity contribution in [2.45, 2.75) is 17.7 Å². The van der Waals surface area contributed by atoms with E-state index in [-0.39, 0.29) is 11.5 Å². The molecule has 0 bridgehead atoms. The number of alkyl halides is 3. The Kier molecular flexibility index (Phi) is 5.06. The molecule has 21 heavy (non-hydrogen) atoms. The first-order chi connectivity index (χ1) is 9.84. The van der Waals surface area contributed by atoms with Crippen molar-refractivity contribution < 1.29 is 17.4 Å². The smallest absolute Gasteiger partial charge is 0.259 e. The first-order valence-corrected chi connectivity index (χ1v) is 7.97. The minimum absolute atomic E-state index is 0.0798. The standard InChI is InChI=1S/C15H12ClF3OS/c16-14-6-2-4-12(8-14)10-21(20)9-11-3-1-5-13(7-11)15(17,18)19/h1-8H,9-10H2. The Morgan fingerprint density at radius 2 is 1.52 bits per heavy atom. The quantitative estimate of drug-likeness (QED) is 0.785. The fraction of sp³-hybridized carbons (Fsp3) is 0.200. The maximum Gasteiger partial charge on any atom is 0.416 e. The molecule has 1 unspecified atom stereocenters. The summed E-state index contributed by atoms with van der Waals surface area (Å²) in [7, 11) is -1.29. The molecule has 112 valence electrons. The molecule has 0 heterocycles. The van der Waals surface area contributed by atoms with Crippen LogP contribution in [0.25, 0.3) is 0 Å². The van der Waals surface area contributed by atoms with Crippen LogP contribution in [0.2, 0.25) is 5.02 Å². The lowest BCUT2D eigenvalue weighted by Crippen LogP contribution is -2.06. The first-order valence-electron chi connectivity index (χ1n) is 6.10. The number of halogens is 4. The van der Waals surface area contributed by atoms with E-state index >= 15 is 0 Å². The molecule has 2 rings (SSSR count). The fourth-order valence-corrected chi connectivity index (χ4v) is 3.30. The second-order valence-electron chi connectivity index (χ2n) is 4.56. The Bertz CT molecular complexity index is 655. The summed E-state index contributed by atoms with van der Waals surface area (Å²) in [5.41, 5.74) is 0.484. The molecule has 0 aliphatic rings. The van der Waals surface area contributed by atoms with E-state index in [1.165, 1.54) is 6.07 Å². The fourth-order valence-electron chi connectivity index (χ4n) is 1.89. The van der Waals surface area contributed by atoms with Gasteiger partial charge in [0.1, 0.15) is 0 Å². The Morgan fingerprint density at radius 3 is 2.10 bits per heavy atom. The molecule has 1 atom stereocenters. The van der Waals surface area contributed by atoms with E-state index in [0.29, 0.717) is 10.6 Å². The Hall–Kier alpha value is -1.33. The molecular weight excluding hydrogens is 321 g/mol. The molecule has 0 aliphatic carbocycles. The molecule has 0 aromatic heterocycles. The highest BCUT2D eigenvalue weighted by atomic mass is 35.5. The monoisotopic (exact) mass is 332 g/mol. The van der Waals surface area contributed by atoms with Crippen LogP contribution in [0, 0.1) is 0 Å². The van der Waals surface area contributed by atoms with Crippen LogP contribution in [0.15, 0.2) is 48.5 Å². The van der Waals surface area contributed by atoms with Gasteiger partial charge in [0.05, 0.1) is 5.56 Å². The summed E-state index contributed by atoms with van der Waals surface area (Å²) in [5.74, 6) is 0.341. The van der Waals surface area contributed by atoms with Gasteiger partial charge >= 0.3 is 6.18 Å². The van der Waals surface area contributed by atoms with Crippen molar-refractivity contribution in [1.82, 2.24) is 0 Å². The summed E-state index contributed by atoms with van der Waals surface area (Å²) in [6.45, 7) is 0. The van der Waals surface area contributed by atoms with Gasteiger partial charge in [-0.25, -0.2) is 0 Å². The second kappa shape index (κ2) is 6.62. The lowest BCUT2D eigenvalue weighted by atomic mass is 10.1. The average Bonchev–Trinajstić information content (AvgIpc) is 2.37. The molecule has 0 saturated carbocycles. The molecule has 0 spiro atoms. The highest BCUT2D eigenvalue weighted by Crippen LogP contribution is 2.29. The van der Waals surface area contributed by atoms with Crippen molar-refractivity contribution in [2.75, 3.05) is 0 Å². The molecule has 2 aromatic carbocycles. The number of hydrogen-bond acceptors (Lipinski definition) is 1. The van der Waals surface area contributed by atoms with Crippen molar-refractivity contribution >= 4 is 22.4 Å². The zero-order chi connectivity index (χ0) is 15.5. The molecule has 0 saturated heterocycles. The van der Waals surface area contributed by atoms with Crippen molar-refractivity contribution in [2.24, 2.45) is 0 Å². The number of rotatable bonds is 4. The minimum Gasteiger partial charge on any atom is -0.259 e. The maximum absolute atomic E-state index is 12.6. The van der Waals surface area contributed by atoms with Gasteiger partial charge in [-0.15, -0.1) is 0 Å². The van der Waals surface area contributed by atoms with Crippen LogP contribution in [0.1, 0.15) is 16.7 Å². The Labute approximate surface area is 128 Å².